The van der Waals surface area contributed by atoms with Crippen LogP contribution in [0.2, 0.25) is 0 Å². The molecule has 1 atom stereocenters. The zero-order valence-corrected chi connectivity index (χ0v) is 10.8. The van der Waals surface area contributed by atoms with Gasteiger partial charge < -0.3 is 10.8 Å². The summed E-state index contributed by atoms with van der Waals surface area (Å²) in [6.07, 6.45) is 5.05. The highest BCUT2D eigenvalue weighted by Gasteiger charge is 2.35. The van der Waals surface area contributed by atoms with Crippen LogP contribution in [0.4, 0.5) is 5.82 Å². The van der Waals surface area contributed by atoms with Gasteiger partial charge in [-0.2, -0.15) is 5.10 Å². The fraction of sp³-hybridized carbons (Fsp3) is 0.769. The fourth-order valence-electron chi connectivity index (χ4n) is 2.94. The van der Waals surface area contributed by atoms with Crippen molar-refractivity contribution in [3.05, 3.63) is 11.8 Å². The molecule has 1 aliphatic carbocycles. The second-order valence-electron chi connectivity index (χ2n) is 5.73. The molecule has 0 radical (unpaired) electrons. The highest BCUT2D eigenvalue weighted by Crippen LogP contribution is 2.46. The molecule has 1 heterocycles. The number of nitrogen functional groups attached to an aromatic ring is 1. The molecular weight excluding hydrogens is 214 g/mol. The van der Waals surface area contributed by atoms with Gasteiger partial charge in [-0.05, 0) is 18.3 Å². The summed E-state index contributed by atoms with van der Waals surface area (Å²) in [6.45, 7) is 5.20. The lowest BCUT2D eigenvalue weighted by molar-refractivity contribution is 0.194. The molecule has 1 unspecified atom stereocenters. The summed E-state index contributed by atoms with van der Waals surface area (Å²) >= 11 is 0. The molecule has 3 N–H and O–H groups in total. The van der Waals surface area contributed by atoms with E-state index in [4.69, 9.17) is 10.8 Å². The van der Waals surface area contributed by atoms with Crippen LogP contribution in [-0.2, 0) is 6.54 Å². The van der Waals surface area contributed by atoms with Gasteiger partial charge in [0.15, 0.2) is 0 Å². The third-order valence-corrected chi connectivity index (χ3v) is 4.01. The molecule has 1 fully saturated rings. The van der Waals surface area contributed by atoms with Crippen LogP contribution in [0.25, 0.3) is 0 Å². The van der Waals surface area contributed by atoms with E-state index in [1.165, 1.54) is 25.7 Å². The summed E-state index contributed by atoms with van der Waals surface area (Å²) in [7, 11) is 0. The summed E-state index contributed by atoms with van der Waals surface area (Å²) in [5.41, 5.74) is 7.32. The minimum Gasteiger partial charge on any atom is -0.394 e. The van der Waals surface area contributed by atoms with Crippen molar-refractivity contribution < 1.29 is 5.11 Å². The zero-order chi connectivity index (χ0) is 12.5. The molecule has 0 spiro atoms. The Morgan fingerprint density at radius 2 is 2.29 bits per heavy atom. The first-order chi connectivity index (χ1) is 8.04. The lowest BCUT2D eigenvalue weighted by Crippen LogP contribution is -2.26. The number of aliphatic hydroxyl groups is 1. The molecule has 0 bridgehead atoms. The van der Waals surface area contributed by atoms with Crippen molar-refractivity contribution in [3.8, 4) is 0 Å². The first-order valence-electron chi connectivity index (χ1n) is 6.48. The van der Waals surface area contributed by atoms with Gasteiger partial charge in [0, 0.05) is 12.0 Å². The zero-order valence-electron chi connectivity index (χ0n) is 10.8. The van der Waals surface area contributed by atoms with Gasteiger partial charge in [-0.3, -0.25) is 0 Å². The third kappa shape index (κ3) is 2.46. The van der Waals surface area contributed by atoms with E-state index in [2.05, 4.69) is 18.9 Å². The molecule has 2 rings (SSSR count). The topological polar surface area (TPSA) is 64.1 Å². The van der Waals surface area contributed by atoms with Crippen LogP contribution in [0.1, 0.15) is 51.1 Å². The van der Waals surface area contributed by atoms with Gasteiger partial charge in [-0.15, -0.1) is 0 Å². The average Bonchev–Trinajstić information content (AvgIpc) is 2.60. The van der Waals surface area contributed by atoms with E-state index >= 15 is 0 Å². The Bertz CT molecular complexity index is 384. The SMILES string of the molecule is CC1(C)CCCCC1c1cc(N)n(CCO)n1. The van der Waals surface area contributed by atoms with Gasteiger partial charge in [0.25, 0.3) is 0 Å². The Hall–Kier alpha value is -1.03. The second-order valence-corrected chi connectivity index (χ2v) is 5.73. The van der Waals surface area contributed by atoms with Gasteiger partial charge in [0.05, 0.1) is 18.8 Å². The maximum absolute atomic E-state index is 8.95. The van der Waals surface area contributed by atoms with Crippen molar-refractivity contribution in [1.82, 2.24) is 9.78 Å². The molecule has 17 heavy (non-hydrogen) atoms. The van der Waals surface area contributed by atoms with Gasteiger partial charge in [0.2, 0.25) is 0 Å². The van der Waals surface area contributed by atoms with Gasteiger partial charge in [-0.25, -0.2) is 4.68 Å². The van der Waals surface area contributed by atoms with Crippen LogP contribution in [0.5, 0.6) is 0 Å². The number of rotatable bonds is 3. The van der Waals surface area contributed by atoms with Crippen molar-refractivity contribution in [2.75, 3.05) is 12.3 Å². The van der Waals surface area contributed by atoms with Gasteiger partial charge in [-0.1, -0.05) is 26.7 Å². The van der Waals surface area contributed by atoms with Crippen molar-refractivity contribution in [2.24, 2.45) is 5.41 Å². The summed E-state index contributed by atoms with van der Waals surface area (Å²) in [5.74, 6) is 1.16. The molecule has 96 valence electrons. The molecule has 0 aliphatic heterocycles. The van der Waals surface area contributed by atoms with Gasteiger partial charge in [0.1, 0.15) is 5.82 Å². The van der Waals surface area contributed by atoms with Crippen molar-refractivity contribution in [3.63, 3.8) is 0 Å². The Labute approximate surface area is 103 Å². The largest absolute Gasteiger partial charge is 0.394 e. The monoisotopic (exact) mass is 237 g/mol. The predicted octanol–water partition coefficient (Wildman–Crippen LogP) is 2.14. The molecule has 1 aliphatic rings. The lowest BCUT2D eigenvalue weighted by Gasteiger charge is -2.37. The molecule has 0 amide bonds. The minimum atomic E-state index is 0.0827. The lowest BCUT2D eigenvalue weighted by atomic mass is 9.67. The molecule has 0 saturated heterocycles. The summed E-state index contributed by atoms with van der Waals surface area (Å²) < 4.78 is 1.71. The Kier molecular flexibility index (Phi) is 3.43. The molecule has 1 aromatic rings. The van der Waals surface area contributed by atoms with E-state index in [1.54, 1.807) is 4.68 Å². The van der Waals surface area contributed by atoms with E-state index in [1.807, 2.05) is 6.07 Å². The van der Waals surface area contributed by atoms with E-state index in [9.17, 15) is 0 Å². The molecule has 4 heteroatoms. The molecular formula is C13H23N3O. The molecule has 4 nitrogen and oxygen atoms in total. The third-order valence-electron chi connectivity index (χ3n) is 4.01. The van der Waals surface area contributed by atoms with E-state index in [0.29, 0.717) is 23.7 Å². The highest BCUT2D eigenvalue weighted by atomic mass is 16.3. The summed E-state index contributed by atoms with van der Waals surface area (Å²) in [6, 6.07) is 1.98. The number of hydrogen-bond donors (Lipinski definition) is 2. The number of hydrogen-bond acceptors (Lipinski definition) is 3. The first-order valence-corrected chi connectivity index (χ1v) is 6.48. The minimum absolute atomic E-state index is 0.0827. The predicted molar refractivity (Wildman–Crippen MR) is 68.7 cm³/mol. The van der Waals surface area contributed by atoms with Crippen molar-refractivity contribution in [1.29, 1.82) is 0 Å². The van der Waals surface area contributed by atoms with Crippen molar-refractivity contribution >= 4 is 5.82 Å². The van der Waals surface area contributed by atoms with Gasteiger partial charge >= 0.3 is 0 Å². The van der Waals surface area contributed by atoms with E-state index < -0.39 is 0 Å². The van der Waals surface area contributed by atoms with Crippen LogP contribution >= 0.6 is 0 Å². The number of nitrogens with zero attached hydrogens (tertiary/aromatic N) is 2. The highest BCUT2D eigenvalue weighted by molar-refractivity contribution is 5.33. The van der Waals surface area contributed by atoms with E-state index in [0.717, 1.165) is 5.69 Å². The Balaban J connectivity index is 2.23. The van der Waals surface area contributed by atoms with E-state index in [-0.39, 0.29) is 6.61 Å². The summed E-state index contributed by atoms with van der Waals surface area (Å²) in [4.78, 5) is 0. The van der Waals surface area contributed by atoms with Crippen LogP contribution in [-0.4, -0.2) is 21.5 Å². The average molecular weight is 237 g/mol. The number of aromatic nitrogens is 2. The number of nitrogens with two attached hydrogens (primary N) is 1. The van der Waals surface area contributed by atoms with Crippen LogP contribution in [0.3, 0.4) is 0 Å². The van der Waals surface area contributed by atoms with Crippen LogP contribution < -0.4 is 5.73 Å². The van der Waals surface area contributed by atoms with Crippen molar-refractivity contribution in [2.45, 2.75) is 52.0 Å². The quantitative estimate of drug-likeness (QED) is 0.846. The maximum atomic E-state index is 8.95. The standard InChI is InChI=1S/C13H23N3O/c1-13(2)6-4-3-5-10(13)11-9-12(14)16(15-11)7-8-17/h9-10,17H,3-8,14H2,1-2H3. The Morgan fingerprint density at radius 1 is 1.53 bits per heavy atom. The maximum Gasteiger partial charge on any atom is 0.122 e. The number of anilines is 1. The molecule has 0 aromatic carbocycles. The normalized spacial score (nSPS) is 23.8. The summed E-state index contributed by atoms with van der Waals surface area (Å²) in [5, 5.41) is 13.5. The van der Waals surface area contributed by atoms with Crippen LogP contribution in [0.15, 0.2) is 6.07 Å². The Morgan fingerprint density at radius 3 is 2.94 bits per heavy atom. The molecule has 1 aromatic heterocycles. The smallest absolute Gasteiger partial charge is 0.122 e. The number of aliphatic hydroxyl groups excluding tert-OH is 1. The molecule has 1 saturated carbocycles. The second kappa shape index (κ2) is 4.69. The fourth-order valence-corrected chi connectivity index (χ4v) is 2.94. The first kappa shape index (κ1) is 12.4. The van der Waals surface area contributed by atoms with Crippen LogP contribution in [0, 0.1) is 5.41 Å².